The second-order valence-corrected chi connectivity index (χ2v) is 11.8. The summed E-state index contributed by atoms with van der Waals surface area (Å²) in [6.45, 7) is 3.58. The summed E-state index contributed by atoms with van der Waals surface area (Å²) in [4.78, 5) is 56.9. The summed E-state index contributed by atoms with van der Waals surface area (Å²) in [5.41, 5.74) is 0.637. The lowest BCUT2D eigenvalue weighted by Crippen LogP contribution is -2.50. The Morgan fingerprint density at radius 1 is 1.05 bits per heavy atom. The summed E-state index contributed by atoms with van der Waals surface area (Å²) in [6.07, 6.45) is 0. The zero-order valence-electron chi connectivity index (χ0n) is 21.2. The Kier molecular flexibility index (Phi) is 8.63. The fourth-order valence-corrected chi connectivity index (χ4v) is 7.14. The summed E-state index contributed by atoms with van der Waals surface area (Å²) in [5, 5.41) is 4.85. The normalized spacial score (nSPS) is 14.0. The molecular weight excluding hydrogens is 571 g/mol. The van der Waals surface area contributed by atoms with Crippen LogP contribution in [0.15, 0.2) is 18.2 Å². The number of carbonyl (C=O) groups excluding carboxylic acids is 4. The number of nitrogens with zero attached hydrogens (tertiary/aromatic N) is 3. The molecule has 2 aromatic heterocycles. The first-order valence-corrected chi connectivity index (χ1v) is 14.0. The fraction of sp³-hybridized carbons (Fsp3) is 0.360. The van der Waals surface area contributed by atoms with E-state index in [-0.39, 0.29) is 34.8 Å². The quantitative estimate of drug-likeness (QED) is 0.422. The second kappa shape index (κ2) is 11.6. The van der Waals surface area contributed by atoms with E-state index in [1.165, 1.54) is 23.3 Å². The third-order valence-corrected chi connectivity index (χ3v) is 9.28. The van der Waals surface area contributed by atoms with E-state index in [4.69, 9.17) is 27.9 Å². The van der Waals surface area contributed by atoms with Crippen LogP contribution in [0.3, 0.4) is 0 Å². The van der Waals surface area contributed by atoms with Gasteiger partial charge in [0.05, 0.1) is 29.1 Å². The SMILES string of the molecule is COC(=O)c1c(NC(=O)CN2CCN(C(=O)c3sc4cc(Cl)ccc4c3Cl)CC2)sc(C(=O)N(C)C)c1C. The fourth-order valence-electron chi connectivity index (χ4n) is 4.15. The van der Waals surface area contributed by atoms with Crippen molar-refractivity contribution in [3.05, 3.63) is 49.1 Å². The number of rotatable bonds is 6. The van der Waals surface area contributed by atoms with Crippen LogP contribution in [0.1, 0.15) is 35.3 Å². The van der Waals surface area contributed by atoms with Gasteiger partial charge < -0.3 is 19.9 Å². The first kappa shape index (κ1) is 28.3. The molecular formula is C25H26Cl2N4O5S2. The van der Waals surface area contributed by atoms with E-state index < -0.39 is 5.97 Å². The van der Waals surface area contributed by atoms with Gasteiger partial charge in [-0.1, -0.05) is 29.3 Å². The molecule has 202 valence electrons. The number of carbonyl (C=O) groups is 4. The first-order chi connectivity index (χ1) is 18.0. The van der Waals surface area contributed by atoms with Crippen LogP contribution in [-0.4, -0.2) is 92.3 Å². The summed E-state index contributed by atoms with van der Waals surface area (Å²) in [6, 6.07) is 5.35. The van der Waals surface area contributed by atoms with Gasteiger partial charge in [-0.3, -0.25) is 19.3 Å². The number of nitrogens with one attached hydrogen (secondary N) is 1. The minimum atomic E-state index is -0.624. The molecule has 1 saturated heterocycles. The minimum Gasteiger partial charge on any atom is -0.465 e. The van der Waals surface area contributed by atoms with Crippen LogP contribution >= 0.6 is 45.9 Å². The van der Waals surface area contributed by atoms with E-state index in [1.807, 2.05) is 11.0 Å². The van der Waals surface area contributed by atoms with E-state index in [1.54, 1.807) is 38.1 Å². The number of thiophene rings is 2. The summed E-state index contributed by atoms with van der Waals surface area (Å²) in [5.74, 6) is -1.36. The van der Waals surface area contributed by atoms with Crippen LogP contribution in [0.5, 0.6) is 0 Å². The van der Waals surface area contributed by atoms with Crippen LogP contribution in [-0.2, 0) is 9.53 Å². The van der Waals surface area contributed by atoms with Gasteiger partial charge in [0.1, 0.15) is 9.88 Å². The third-order valence-electron chi connectivity index (χ3n) is 6.20. The molecule has 3 aromatic rings. The Balaban J connectivity index is 1.40. The lowest BCUT2D eigenvalue weighted by atomic mass is 10.1. The van der Waals surface area contributed by atoms with Gasteiger partial charge in [0.2, 0.25) is 5.91 Å². The second-order valence-electron chi connectivity index (χ2n) is 8.95. The molecule has 1 N–H and O–H groups in total. The number of fused-ring (bicyclic) bond motifs is 1. The molecule has 1 aliphatic heterocycles. The van der Waals surface area contributed by atoms with Crippen molar-refractivity contribution >= 4 is 84.7 Å². The van der Waals surface area contributed by atoms with Gasteiger partial charge in [0.25, 0.3) is 11.8 Å². The van der Waals surface area contributed by atoms with Crippen molar-refractivity contribution in [2.45, 2.75) is 6.92 Å². The molecule has 1 aliphatic rings. The molecule has 9 nitrogen and oxygen atoms in total. The maximum Gasteiger partial charge on any atom is 0.341 e. The Hall–Kier alpha value is -2.70. The molecule has 0 bridgehead atoms. The van der Waals surface area contributed by atoms with Gasteiger partial charge >= 0.3 is 5.97 Å². The molecule has 4 rings (SSSR count). The lowest BCUT2D eigenvalue weighted by molar-refractivity contribution is -0.117. The van der Waals surface area contributed by atoms with Crippen LogP contribution < -0.4 is 5.32 Å². The topological polar surface area (TPSA) is 99.3 Å². The van der Waals surface area contributed by atoms with E-state index in [0.29, 0.717) is 51.5 Å². The van der Waals surface area contributed by atoms with Gasteiger partial charge in [-0.25, -0.2) is 4.79 Å². The lowest BCUT2D eigenvalue weighted by Gasteiger charge is -2.34. The van der Waals surface area contributed by atoms with Gasteiger partial charge in [0.15, 0.2) is 0 Å². The predicted octanol–water partition coefficient (Wildman–Crippen LogP) is 4.46. The van der Waals surface area contributed by atoms with Crippen LogP contribution in [0, 0.1) is 6.92 Å². The largest absolute Gasteiger partial charge is 0.465 e. The molecule has 0 aliphatic carbocycles. The molecule has 13 heteroatoms. The highest BCUT2D eigenvalue weighted by molar-refractivity contribution is 7.21. The van der Waals surface area contributed by atoms with E-state index >= 15 is 0 Å². The van der Waals surface area contributed by atoms with Crippen molar-refractivity contribution in [3.8, 4) is 0 Å². The Bertz CT molecular complexity index is 1430. The average molecular weight is 598 g/mol. The highest BCUT2D eigenvalue weighted by Gasteiger charge is 2.29. The number of hydrogen-bond acceptors (Lipinski definition) is 8. The van der Waals surface area contributed by atoms with Crippen molar-refractivity contribution in [1.29, 1.82) is 0 Å². The van der Waals surface area contributed by atoms with Crippen molar-refractivity contribution in [3.63, 3.8) is 0 Å². The van der Waals surface area contributed by atoms with E-state index in [2.05, 4.69) is 5.32 Å². The predicted molar refractivity (Wildman–Crippen MR) is 151 cm³/mol. The Morgan fingerprint density at radius 2 is 1.74 bits per heavy atom. The smallest absolute Gasteiger partial charge is 0.341 e. The number of benzene rings is 1. The summed E-state index contributed by atoms with van der Waals surface area (Å²) < 4.78 is 5.73. The average Bonchev–Trinajstić information content (AvgIpc) is 3.38. The number of halogens is 2. The molecule has 0 atom stereocenters. The molecule has 3 heterocycles. The molecule has 0 spiro atoms. The van der Waals surface area contributed by atoms with Crippen molar-refractivity contribution in [2.24, 2.45) is 0 Å². The number of hydrogen-bond donors (Lipinski definition) is 1. The van der Waals surface area contributed by atoms with Crippen molar-refractivity contribution in [1.82, 2.24) is 14.7 Å². The Labute approximate surface area is 237 Å². The van der Waals surface area contributed by atoms with E-state index in [9.17, 15) is 19.2 Å². The summed E-state index contributed by atoms with van der Waals surface area (Å²) >= 11 is 14.9. The number of esters is 1. The molecule has 0 saturated carbocycles. The zero-order chi connectivity index (χ0) is 27.7. The van der Waals surface area contributed by atoms with Crippen molar-refractivity contribution in [2.75, 3.05) is 59.2 Å². The van der Waals surface area contributed by atoms with Gasteiger partial charge in [-0.05, 0) is 24.6 Å². The number of ether oxygens (including phenoxy) is 1. The highest BCUT2D eigenvalue weighted by Crippen LogP contribution is 2.38. The maximum absolute atomic E-state index is 13.2. The third kappa shape index (κ3) is 5.67. The van der Waals surface area contributed by atoms with Gasteiger partial charge in [-0.15, -0.1) is 22.7 Å². The van der Waals surface area contributed by atoms with Crippen LogP contribution in [0.25, 0.3) is 10.1 Å². The van der Waals surface area contributed by atoms with Crippen LogP contribution in [0.2, 0.25) is 10.0 Å². The van der Waals surface area contributed by atoms with Gasteiger partial charge in [-0.2, -0.15) is 0 Å². The molecule has 1 aromatic carbocycles. The molecule has 3 amide bonds. The molecule has 38 heavy (non-hydrogen) atoms. The number of amides is 3. The summed E-state index contributed by atoms with van der Waals surface area (Å²) in [7, 11) is 4.49. The standard InChI is InChI=1S/C25H26Cl2N4O5S2/c1-13-18(25(35)36-4)22(38-20(13)23(33)29(2)3)28-17(32)12-30-7-9-31(10-8-30)24(34)21-19(27)15-6-5-14(26)11-16(15)37-21/h5-6,11H,7-10,12H2,1-4H3,(H,28,32). The minimum absolute atomic E-state index is 0.0681. The number of piperazine rings is 1. The first-order valence-electron chi connectivity index (χ1n) is 11.6. The molecule has 0 radical (unpaired) electrons. The zero-order valence-corrected chi connectivity index (χ0v) is 24.4. The van der Waals surface area contributed by atoms with Crippen LogP contribution in [0.4, 0.5) is 5.00 Å². The number of anilines is 1. The monoisotopic (exact) mass is 596 g/mol. The Morgan fingerprint density at radius 3 is 2.37 bits per heavy atom. The maximum atomic E-state index is 13.2. The molecule has 1 fully saturated rings. The number of methoxy groups -OCH3 is 1. The van der Waals surface area contributed by atoms with E-state index in [0.717, 1.165) is 21.4 Å². The van der Waals surface area contributed by atoms with Gasteiger partial charge in [0, 0.05) is 55.4 Å². The molecule has 0 unspecified atom stereocenters. The highest BCUT2D eigenvalue weighted by atomic mass is 35.5. The van der Waals surface area contributed by atoms with Crippen molar-refractivity contribution < 1.29 is 23.9 Å².